The Morgan fingerprint density at radius 1 is 1.20 bits per heavy atom. The minimum Gasteiger partial charge on any atom is -0.339 e. The van der Waals surface area contributed by atoms with Gasteiger partial charge in [0.2, 0.25) is 5.91 Å². The Morgan fingerprint density at radius 3 is 2.47 bits per heavy atom. The third-order valence-corrected chi connectivity index (χ3v) is 5.04. The normalized spacial score (nSPS) is 42.3. The van der Waals surface area contributed by atoms with Crippen molar-refractivity contribution >= 4 is 21.8 Å². The van der Waals surface area contributed by atoms with Crippen molar-refractivity contribution in [2.45, 2.75) is 50.4 Å². The predicted octanol–water partition coefficient (Wildman–Crippen LogP) is 2.81. The van der Waals surface area contributed by atoms with Gasteiger partial charge in [-0.2, -0.15) is 0 Å². The highest BCUT2D eigenvalue weighted by Gasteiger charge is 2.37. The van der Waals surface area contributed by atoms with Crippen molar-refractivity contribution in [1.82, 2.24) is 4.90 Å². The van der Waals surface area contributed by atoms with E-state index in [0.29, 0.717) is 11.9 Å². The number of carbonyl (C=O) groups excluding carboxylic acids is 1. The molecule has 1 aliphatic carbocycles. The van der Waals surface area contributed by atoms with Crippen LogP contribution < -0.4 is 0 Å². The van der Waals surface area contributed by atoms with Gasteiger partial charge in [-0.3, -0.25) is 4.79 Å². The van der Waals surface area contributed by atoms with Crippen molar-refractivity contribution in [2.24, 2.45) is 11.8 Å². The van der Waals surface area contributed by atoms with Gasteiger partial charge in [-0.1, -0.05) is 29.8 Å². The van der Waals surface area contributed by atoms with Gasteiger partial charge in [0.1, 0.15) is 0 Å². The third kappa shape index (κ3) is 2.22. The molecule has 0 bridgehead atoms. The molecular formula is C12H20BrNO. The summed E-state index contributed by atoms with van der Waals surface area (Å²) in [5.41, 5.74) is 0. The van der Waals surface area contributed by atoms with Crippen molar-refractivity contribution in [2.75, 3.05) is 6.54 Å². The van der Waals surface area contributed by atoms with Crippen molar-refractivity contribution in [3.63, 3.8) is 0 Å². The number of hydrogen-bond acceptors (Lipinski definition) is 1. The highest BCUT2D eigenvalue weighted by Crippen LogP contribution is 2.34. The molecule has 0 N–H and O–H groups in total. The molecule has 2 nitrogen and oxygen atoms in total. The molecule has 86 valence electrons. The van der Waals surface area contributed by atoms with Crippen molar-refractivity contribution in [3.05, 3.63) is 0 Å². The summed E-state index contributed by atoms with van der Waals surface area (Å²) in [7, 11) is 0. The van der Waals surface area contributed by atoms with Gasteiger partial charge in [-0.05, 0) is 37.5 Å². The summed E-state index contributed by atoms with van der Waals surface area (Å²) in [5.74, 6) is 1.92. The minimum absolute atomic E-state index is 0.0900. The summed E-state index contributed by atoms with van der Waals surface area (Å²) in [6.07, 6.45) is 4.67. The number of carbonyl (C=O) groups is 1. The Kier molecular flexibility index (Phi) is 3.39. The van der Waals surface area contributed by atoms with Crippen LogP contribution in [-0.4, -0.2) is 28.2 Å². The van der Waals surface area contributed by atoms with Gasteiger partial charge in [0, 0.05) is 12.6 Å². The van der Waals surface area contributed by atoms with Crippen LogP contribution in [0.2, 0.25) is 0 Å². The van der Waals surface area contributed by atoms with Gasteiger partial charge >= 0.3 is 0 Å². The van der Waals surface area contributed by atoms with Crippen molar-refractivity contribution < 1.29 is 4.79 Å². The average molecular weight is 274 g/mol. The number of alkyl halides is 1. The largest absolute Gasteiger partial charge is 0.339 e. The minimum atomic E-state index is 0.0900. The number of halogens is 1. The zero-order valence-corrected chi connectivity index (χ0v) is 11.2. The highest BCUT2D eigenvalue weighted by atomic mass is 79.9. The summed E-state index contributed by atoms with van der Waals surface area (Å²) in [6, 6.07) is 0.520. The molecule has 1 heterocycles. The van der Waals surface area contributed by atoms with E-state index in [2.05, 4.69) is 34.7 Å². The highest BCUT2D eigenvalue weighted by molar-refractivity contribution is 9.10. The molecule has 4 unspecified atom stereocenters. The third-order valence-electron chi connectivity index (χ3n) is 4.19. The van der Waals surface area contributed by atoms with Gasteiger partial charge < -0.3 is 4.90 Å². The molecule has 0 aromatic carbocycles. The topological polar surface area (TPSA) is 20.3 Å². The Bertz CT molecular complexity index is 256. The predicted molar refractivity (Wildman–Crippen MR) is 65.0 cm³/mol. The fourth-order valence-electron chi connectivity index (χ4n) is 2.83. The second kappa shape index (κ2) is 4.44. The van der Waals surface area contributed by atoms with Gasteiger partial charge in [0.15, 0.2) is 0 Å². The van der Waals surface area contributed by atoms with Gasteiger partial charge in [-0.25, -0.2) is 0 Å². The maximum atomic E-state index is 11.9. The van der Waals surface area contributed by atoms with Gasteiger partial charge in [0.25, 0.3) is 0 Å². The lowest BCUT2D eigenvalue weighted by Gasteiger charge is -2.37. The van der Waals surface area contributed by atoms with E-state index >= 15 is 0 Å². The summed E-state index contributed by atoms with van der Waals surface area (Å²) in [6.45, 7) is 5.61. The molecule has 15 heavy (non-hydrogen) atoms. The number of hydrogen-bond donors (Lipinski definition) is 0. The van der Waals surface area contributed by atoms with Crippen molar-refractivity contribution in [1.29, 1.82) is 0 Å². The maximum absolute atomic E-state index is 11.9. The quantitative estimate of drug-likeness (QED) is 0.673. The summed E-state index contributed by atoms with van der Waals surface area (Å²) < 4.78 is 0. The smallest absolute Gasteiger partial charge is 0.236 e. The number of likely N-dealkylation sites (tertiary alicyclic amines) is 1. The number of nitrogens with zero attached hydrogens (tertiary/aromatic N) is 1. The van der Waals surface area contributed by atoms with Gasteiger partial charge in [-0.15, -0.1) is 0 Å². The fourth-order valence-corrected chi connectivity index (χ4v) is 3.30. The van der Waals surface area contributed by atoms with Crippen molar-refractivity contribution in [3.8, 4) is 0 Å². The Balaban J connectivity index is 1.97. The average Bonchev–Trinajstić information content (AvgIpc) is 2.53. The van der Waals surface area contributed by atoms with Crippen LogP contribution in [0.25, 0.3) is 0 Å². The SMILES string of the molecule is CC1CCC(N2CCC(Br)C2=O)CC1C. The van der Waals surface area contributed by atoms with E-state index in [-0.39, 0.29) is 4.83 Å². The first-order valence-corrected chi connectivity index (χ1v) is 6.95. The molecule has 2 aliphatic rings. The molecule has 3 heteroatoms. The molecule has 0 aromatic heterocycles. The molecule has 1 amide bonds. The molecule has 2 rings (SSSR count). The molecule has 0 aromatic rings. The standard InChI is InChI=1S/C12H20BrNO/c1-8-3-4-10(7-9(8)2)14-6-5-11(13)12(14)15/h8-11H,3-7H2,1-2H3. The lowest BCUT2D eigenvalue weighted by molar-refractivity contribution is -0.130. The molecule has 4 atom stereocenters. The first kappa shape index (κ1) is 11.4. The van der Waals surface area contributed by atoms with E-state index in [1.54, 1.807) is 0 Å². The molecular weight excluding hydrogens is 254 g/mol. The molecule has 1 saturated heterocycles. The zero-order valence-electron chi connectivity index (χ0n) is 9.58. The van der Waals surface area contributed by atoms with Crippen LogP contribution in [0.4, 0.5) is 0 Å². The summed E-state index contributed by atoms with van der Waals surface area (Å²) >= 11 is 3.45. The second-order valence-corrected chi connectivity index (χ2v) is 6.31. The monoisotopic (exact) mass is 273 g/mol. The Morgan fingerprint density at radius 2 is 1.93 bits per heavy atom. The molecule has 2 fully saturated rings. The van der Waals surface area contributed by atoms with Crippen LogP contribution in [0.3, 0.4) is 0 Å². The van der Waals surface area contributed by atoms with Crippen LogP contribution in [0.1, 0.15) is 39.5 Å². The number of rotatable bonds is 1. The zero-order chi connectivity index (χ0) is 11.0. The molecule has 0 spiro atoms. The second-order valence-electron chi connectivity index (χ2n) is 5.21. The lowest BCUT2D eigenvalue weighted by Crippen LogP contribution is -2.42. The van der Waals surface area contributed by atoms with Crippen LogP contribution in [-0.2, 0) is 4.79 Å². The van der Waals surface area contributed by atoms with E-state index in [9.17, 15) is 4.79 Å². The van der Waals surface area contributed by atoms with Gasteiger partial charge in [0.05, 0.1) is 4.83 Å². The van der Waals surface area contributed by atoms with E-state index in [1.807, 2.05) is 0 Å². The molecule has 1 saturated carbocycles. The van der Waals surface area contributed by atoms with Crippen LogP contribution in [0.5, 0.6) is 0 Å². The molecule has 0 radical (unpaired) electrons. The first-order chi connectivity index (χ1) is 7.09. The Hall–Kier alpha value is -0.0500. The first-order valence-electron chi connectivity index (χ1n) is 6.04. The lowest BCUT2D eigenvalue weighted by atomic mass is 9.78. The summed E-state index contributed by atoms with van der Waals surface area (Å²) in [5, 5.41) is 0. The van der Waals surface area contributed by atoms with E-state index < -0.39 is 0 Å². The van der Waals surface area contributed by atoms with Crippen LogP contribution >= 0.6 is 15.9 Å². The van der Waals surface area contributed by atoms with E-state index in [1.165, 1.54) is 19.3 Å². The number of amides is 1. The van der Waals surface area contributed by atoms with E-state index in [0.717, 1.165) is 24.8 Å². The Labute approximate surface area is 101 Å². The maximum Gasteiger partial charge on any atom is 0.236 e. The molecule has 1 aliphatic heterocycles. The van der Waals surface area contributed by atoms with Crippen LogP contribution in [0.15, 0.2) is 0 Å². The fraction of sp³-hybridized carbons (Fsp3) is 0.917. The van der Waals surface area contributed by atoms with Crippen LogP contribution in [0, 0.1) is 11.8 Å². The summed E-state index contributed by atoms with van der Waals surface area (Å²) in [4.78, 5) is 14.1. The van der Waals surface area contributed by atoms with E-state index in [4.69, 9.17) is 0 Å².